The minimum atomic E-state index is -4.37. The Bertz CT molecular complexity index is 434. The Labute approximate surface area is 124 Å². The molecule has 7 heteroatoms. The zero-order chi connectivity index (χ0) is 14.6. The van der Waals surface area contributed by atoms with Crippen molar-refractivity contribution in [2.24, 2.45) is 0 Å². The highest BCUT2D eigenvalue weighted by molar-refractivity contribution is 9.09. The summed E-state index contributed by atoms with van der Waals surface area (Å²) in [5.41, 5.74) is -0.667. The minimum absolute atomic E-state index is 0.0268. The number of piperidine rings is 1. The second kappa shape index (κ2) is 6.76. The first-order chi connectivity index (χ1) is 9.52. The van der Waals surface area contributed by atoms with Gasteiger partial charge in [-0.1, -0.05) is 15.9 Å². The smallest absolute Gasteiger partial charge is 0.377 e. The van der Waals surface area contributed by atoms with Crippen LogP contribution in [0.15, 0.2) is 18.3 Å². The highest BCUT2D eigenvalue weighted by atomic mass is 79.9. The number of alkyl halides is 4. The fourth-order valence-corrected chi connectivity index (χ4v) is 2.50. The van der Waals surface area contributed by atoms with Crippen molar-refractivity contribution >= 4 is 21.7 Å². The van der Waals surface area contributed by atoms with Gasteiger partial charge in [-0.3, -0.25) is 0 Å². The van der Waals surface area contributed by atoms with Crippen molar-refractivity contribution in [2.75, 3.05) is 29.9 Å². The van der Waals surface area contributed by atoms with E-state index in [2.05, 4.69) is 20.9 Å². The molecule has 1 aliphatic rings. The van der Waals surface area contributed by atoms with E-state index in [0.717, 1.165) is 24.2 Å². The second-order valence-electron chi connectivity index (χ2n) is 4.62. The fourth-order valence-electron chi connectivity index (χ4n) is 2.32. The van der Waals surface area contributed by atoms with Crippen LogP contribution in [0.2, 0.25) is 0 Å². The number of hydrogen-bond donors (Lipinski definition) is 0. The van der Waals surface area contributed by atoms with Crippen LogP contribution < -0.4 is 4.90 Å². The van der Waals surface area contributed by atoms with Crippen LogP contribution in [0.1, 0.15) is 18.4 Å². The lowest BCUT2D eigenvalue weighted by Gasteiger charge is -2.33. The molecule has 0 unspecified atom stereocenters. The molecule has 0 bridgehead atoms. The first-order valence-corrected chi connectivity index (χ1v) is 7.59. The Hall–Kier alpha value is -0.820. The number of ether oxygens (including phenoxy) is 1. The van der Waals surface area contributed by atoms with Crippen molar-refractivity contribution in [3.8, 4) is 0 Å². The number of aromatic nitrogens is 1. The van der Waals surface area contributed by atoms with Crippen molar-refractivity contribution < 1.29 is 17.9 Å². The first-order valence-electron chi connectivity index (χ1n) is 6.47. The summed E-state index contributed by atoms with van der Waals surface area (Å²) in [4.78, 5) is 5.60. The van der Waals surface area contributed by atoms with E-state index in [1.807, 2.05) is 0 Å². The van der Waals surface area contributed by atoms with Crippen LogP contribution >= 0.6 is 15.9 Å². The van der Waals surface area contributed by atoms with E-state index in [1.165, 1.54) is 12.3 Å². The standard InChI is InChI=1S/C13H16BrF3N2O/c14-5-9-20-10-3-7-19(8-4-10)12-11(13(15,16)17)2-1-6-18-12/h1-2,6,10H,3-5,7-9H2. The molecule has 0 radical (unpaired) electrons. The highest BCUT2D eigenvalue weighted by Crippen LogP contribution is 2.36. The number of hydrogen-bond acceptors (Lipinski definition) is 3. The molecule has 0 atom stereocenters. The van der Waals surface area contributed by atoms with Crippen molar-refractivity contribution in [1.82, 2.24) is 4.98 Å². The van der Waals surface area contributed by atoms with Crippen molar-refractivity contribution in [3.63, 3.8) is 0 Å². The van der Waals surface area contributed by atoms with Crippen LogP contribution in [0.5, 0.6) is 0 Å². The van der Waals surface area contributed by atoms with E-state index in [-0.39, 0.29) is 11.9 Å². The second-order valence-corrected chi connectivity index (χ2v) is 5.41. The van der Waals surface area contributed by atoms with E-state index in [1.54, 1.807) is 4.90 Å². The molecular formula is C13H16BrF3N2O. The molecule has 0 amide bonds. The Balaban J connectivity index is 2.04. The summed E-state index contributed by atoms with van der Waals surface area (Å²) < 4.78 is 44.4. The quantitative estimate of drug-likeness (QED) is 0.775. The molecule has 1 aromatic rings. The Morgan fingerprint density at radius 1 is 1.35 bits per heavy atom. The molecule has 112 valence electrons. The molecule has 0 N–H and O–H groups in total. The lowest BCUT2D eigenvalue weighted by Crippen LogP contribution is -2.38. The maximum atomic E-state index is 13.0. The number of rotatable bonds is 4. The third kappa shape index (κ3) is 3.85. The maximum Gasteiger partial charge on any atom is 0.419 e. The van der Waals surface area contributed by atoms with Gasteiger partial charge in [0.15, 0.2) is 0 Å². The Morgan fingerprint density at radius 3 is 2.65 bits per heavy atom. The lowest BCUT2D eigenvalue weighted by molar-refractivity contribution is -0.137. The van der Waals surface area contributed by atoms with Gasteiger partial charge >= 0.3 is 6.18 Å². The predicted octanol–water partition coefficient (Wildman–Crippen LogP) is 3.48. The van der Waals surface area contributed by atoms with Gasteiger partial charge in [-0.2, -0.15) is 13.2 Å². The monoisotopic (exact) mass is 352 g/mol. The molecule has 1 aliphatic heterocycles. The summed E-state index contributed by atoms with van der Waals surface area (Å²) >= 11 is 3.29. The van der Waals surface area contributed by atoms with Crippen molar-refractivity contribution in [3.05, 3.63) is 23.9 Å². The SMILES string of the molecule is FC(F)(F)c1cccnc1N1CCC(OCCBr)CC1. The molecule has 1 fully saturated rings. The predicted molar refractivity (Wildman–Crippen MR) is 74.2 cm³/mol. The third-order valence-electron chi connectivity index (χ3n) is 3.26. The van der Waals surface area contributed by atoms with Gasteiger partial charge in [0.1, 0.15) is 5.82 Å². The van der Waals surface area contributed by atoms with Gasteiger partial charge in [-0.25, -0.2) is 4.98 Å². The van der Waals surface area contributed by atoms with Gasteiger partial charge in [0.05, 0.1) is 18.3 Å². The Kier molecular flexibility index (Phi) is 5.26. The van der Waals surface area contributed by atoms with Gasteiger partial charge in [-0.15, -0.1) is 0 Å². The van der Waals surface area contributed by atoms with E-state index in [0.29, 0.717) is 19.7 Å². The van der Waals surface area contributed by atoms with Gasteiger partial charge in [0.25, 0.3) is 0 Å². The molecule has 2 rings (SSSR count). The van der Waals surface area contributed by atoms with Gasteiger partial charge in [0.2, 0.25) is 0 Å². The van der Waals surface area contributed by atoms with Crippen molar-refractivity contribution in [1.29, 1.82) is 0 Å². The average molecular weight is 353 g/mol. The summed E-state index contributed by atoms with van der Waals surface area (Å²) in [5, 5.41) is 0.770. The first kappa shape index (κ1) is 15.6. The molecule has 2 heterocycles. The minimum Gasteiger partial charge on any atom is -0.377 e. The highest BCUT2D eigenvalue weighted by Gasteiger charge is 2.36. The summed E-state index contributed by atoms with van der Waals surface area (Å²) in [6.45, 7) is 1.70. The van der Waals surface area contributed by atoms with Crippen LogP contribution in [-0.2, 0) is 10.9 Å². The number of anilines is 1. The van der Waals surface area contributed by atoms with Crippen molar-refractivity contribution in [2.45, 2.75) is 25.1 Å². The van der Waals surface area contributed by atoms with E-state index in [9.17, 15) is 13.2 Å². The summed E-state index contributed by atoms with van der Waals surface area (Å²) in [6, 6.07) is 2.40. The molecule has 0 aliphatic carbocycles. The van der Waals surface area contributed by atoms with E-state index >= 15 is 0 Å². The average Bonchev–Trinajstić information content (AvgIpc) is 2.45. The fraction of sp³-hybridized carbons (Fsp3) is 0.615. The summed E-state index contributed by atoms with van der Waals surface area (Å²) in [5.74, 6) is 0.0268. The van der Waals surface area contributed by atoms with Gasteiger partial charge in [0, 0.05) is 24.6 Å². The third-order valence-corrected chi connectivity index (χ3v) is 3.59. The summed E-state index contributed by atoms with van der Waals surface area (Å²) in [7, 11) is 0. The molecule has 0 aromatic carbocycles. The van der Waals surface area contributed by atoms with Crippen LogP contribution in [0.3, 0.4) is 0 Å². The topological polar surface area (TPSA) is 25.4 Å². The molecule has 20 heavy (non-hydrogen) atoms. The number of halogens is 4. The number of pyridine rings is 1. The van der Waals surface area contributed by atoms with E-state index < -0.39 is 11.7 Å². The molecular weight excluding hydrogens is 337 g/mol. The Morgan fingerprint density at radius 2 is 2.05 bits per heavy atom. The zero-order valence-corrected chi connectivity index (χ0v) is 12.5. The molecule has 0 saturated carbocycles. The molecule has 1 aromatic heterocycles. The molecule has 0 spiro atoms. The molecule has 1 saturated heterocycles. The summed E-state index contributed by atoms with van der Waals surface area (Å²) in [6.07, 6.45) is -1.39. The normalized spacial score (nSPS) is 17.5. The van der Waals surface area contributed by atoms with Gasteiger partial charge in [-0.05, 0) is 25.0 Å². The van der Waals surface area contributed by atoms with Crippen LogP contribution in [-0.4, -0.2) is 36.1 Å². The lowest BCUT2D eigenvalue weighted by atomic mass is 10.1. The van der Waals surface area contributed by atoms with Crippen LogP contribution in [0.25, 0.3) is 0 Å². The molecule has 3 nitrogen and oxygen atoms in total. The van der Waals surface area contributed by atoms with Gasteiger partial charge < -0.3 is 9.64 Å². The van der Waals surface area contributed by atoms with Crippen LogP contribution in [0, 0.1) is 0 Å². The number of nitrogens with zero attached hydrogens (tertiary/aromatic N) is 2. The van der Waals surface area contributed by atoms with Crippen LogP contribution in [0.4, 0.5) is 19.0 Å². The zero-order valence-electron chi connectivity index (χ0n) is 10.9. The van der Waals surface area contributed by atoms with E-state index in [4.69, 9.17) is 4.74 Å². The largest absolute Gasteiger partial charge is 0.419 e. The maximum absolute atomic E-state index is 13.0.